The van der Waals surface area contributed by atoms with Crippen LogP contribution in [0.25, 0.3) is 0 Å². The Morgan fingerprint density at radius 1 is 1.12 bits per heavy atom. The third kappa shape index (κ3) is 5.02. The average molecular weight is 386 g/mol. The zero-order valence-corrected chi connectivity index (χ0v) is 13.9. The van der Waals surface area contributed by atoms with E-state index in [0.29, 0.717) is 5.03 Å². The third-order valence-corrected chi connectivity index (χ3v) is 4.89. The molecule has 1 aromatic heterocycles. The molecule has 140 valence electrons. The van der Waals surface area contributed by atoms with Crippen molar-refractivity contribution in [2.24, 2.45) is 11.8 Å². The number of nitrogens with one attached hydrogen (secondary N) is 1. The number of amides is 1. The minimum absolute atomic E-state index is 0.132. The molecule has 1 aliphatic carbocycles. The molecule has 3 nitrogen and oxygen atoms in total. The molecule has 1 amide bonds. The lowest BCUT2D eigenvalue weighted by Crippen LogP contribution is -2.47. The summed E-state index contributed by atoms with van der Waals surface area (Å²) in [5, 5.41) is 2.68. The van der Waals surface area contributed by atoms with Gasteiger partial charge in [0.2, 0.25) is 0 Å². The van der Waals surface area contributed by atoms with E-state index in [4.69, 9.17) is 0 Å². The van der Waals surface area contributed by atoms with E-state index < -0.39 is 55.4 Å². The fraction of sp³-hybridized carbons (Fsp3) is 0.600. The largest absolute Gasteiger partial charge is 0.391 e. The van der Waals surface area contributed by atoms with E-state index in [1.54, 1.807) is 6.26 Å². The molecular formula is C15H16F6N2OS. The first-order valence-electron chi connectivity index (χ1n) is 7.45. The summed E-state index contributed by atoms with van der Waals surface area (Å²) in [7, 11) is 0. The van der Waals surface area contributed by atoms with Crippen molar-refractivity contribution in [1.82, 2.24) is 10.3 Å². The predicted octanol–water partition coefficient (Wildman–Crippen LogP) is 4.44. The van der Waals surface area contributed by atoms with Crippen LogP contribution in [0.3, 0.4) is 0 Å². The lowest BCUT2D eigenvalue weighted by Gasteiger charge is -2.37. The Labute approximate surface area is 144 Å². The average Bonchev–Trinajstić information content (AvgIpc) is 2.52. The van der Waals surface area contributed by atoms with Crippen molar-refractivity contribution in [2.75, 3.05) is 6.26 Å². The summed E-state index contributed by atoms with van der Waals surface area (Å²) in [5.41, 5.74) is 0.132. The highest BCUT2D eigenvalue weighted by Gasteiger charge is 2.52. The van der Waals surface area contributed by atoms with Gasteiger partial charge in [-0.25, -0.2) is 4.98 Å². The van der Waals surface area contributed by atoms with Gasteiger partial charge in [-0.2, -0.15) is 26.3 Å². The van der Waals surface area contributed by atoms with E-state index in [0.717, 1.165) is 11.8 Å². The summed E-state index contributed by atoms with van der Waals surface area (Å²) in [5.74, 6) is -4.90. The number of hydrogen-bond acceptors (Lipinski definition) is 3. The molecule has 0 aliphatic heterocycles. The van der Waals surface area contributed by atoms with Gasteiger partial charge in [0.05, 0.1) is 17.4 Å². The first kappa shape index (κ1) is 19.9. The second-order valence-corrected chi connectivity index (χ2v) is 6.71. The molecule has 1 fully saturated rings. The lowest BCUT2D eigenvalue weighted by atomic mass is 9.77. The maximum absolute atomic E-state index is 13.0. The zero-order chi connectivity index (χ0) is 18.8. The van der Waals surface area contributed by atoms with Crippen molar-refractivity contribution in [3.8, 4) is 0 Å². The Morgan fingerprint density at radius 2 is 1.68 bits per heavy atom. The summed E-state index contributed by atoms with van der Waals surface area (Å²) in [4.78, 5) is 16.2. The number of rotatable bonds is 3. The van der Waals surface area contributed by atoms with Crippen LogP contribution in [-0.2, 0) is 0 Å². The highest BCUT2D eigenvalue weighted by molar-refractivity contribution is 7.98. The van der Waals surface area contributed by atoms with Crippen LogP contribution in [0.4, 0.5) is 26.3 Å². The Kier molecular flexibility index (Phi) is 5.90. The zero-order valence-electron chi connectivity index (χ0n) is 13.1. The van der Waals surface area contributed by atoms with Crippen LogP contribution in [0, 0.1) is 11.8 Å². The summed E-state index contributed by atoms with van der Waals surface area (Å²) in [6.07, 6.45) is -8.46. The minimum Gasteiger partial charge on any atom is -0.349 e. The number of hydrogen-bond donors (Lipinski definition) is 1. The van der Waals surface area contributed by atoms with E-state index >= 15 is 0 Å². The molecule has 25 heavy (non-hydrogen) atoms. The molecule has 1 N–H and O–H groups in total. The number of carbonyl (C=O) groups excluding carboxylic acids is 1. The number of alkyl halides is 6. The molecule has 3 atom stereocenters. The summed E-state index contributed by atoms with van der Waals surface area (Å²) in [6, 6.07) is 1.71. The highest BCUT2D eigenvalue weighted by Crippen LogP contribution is 2.45. The van der Waals surface area contributed by atoms with Gasteiger partial charge < -0.3 is 5.32 Å². The van der Waals surface area contributed by atoms with E-state index in [2.05, 4.69) is 10.3 Å². The van der Waals surface area contributed by atoms with Crippen LogP contribution in [0.2, 0.25) is 0 Å². The SMILES string of the molecule is CSc1ncccc1C(=O)NC1C[C@@H](C(F)(F)F)C[C@@H](C(F)(F)F)C1. The minimum atomic E-state index is -4.73. The van der Waals surface area contributed by atoms with Crippen LogP contribution in [-0.4, -0.2) is 35.5 Å². The molecule has 1 heterocycles. The van der Waals surface area contributed by atoms with Crippen molar-refractivity contribution in [1.29, 1.82) is 0 Å². The molecule has 1 aliphatic rings. The number of aromatic nitrogens is 1. The molecule has 0 aromatic carbocycles. The topological polar surface area (TPSA) is 42.0 Å². The van der Waals surface area contributed by atoms with Gasteiger partial charge >= 0.3 is 12.4 Å². The quantitative estimate of drug-likeness (QED) is 0.617. The fourth-order valence-electron chi connectivity index (χ4n) is 2.96. The smallest absolute Gasteiger partial charge is 0.349 e. The number of carbonyl (C=O) groups is 1. The van der Waals surface area contributed by atoms with E-state index in [-0.39, 0.29) is 5.56 Å². The summed E-state index contributed by atoms with van der Waals surface area (Å²) < 4.78 is 77.8. The van der Waals surface area contributed by atoms with Crippen LogP contribution in [0.1, 0.15) is 29.6 Å². The van der Waals surface area contributed by atoms with Gasteiger partial charge in [-0.15, -0.1) is 11.8 Å². The molecule has 1 unspecified atom stereocenters. The number of pyridine rings is 1. The monoisotopic (exact) mass is 386 g/mol. The molecule has 1 aromatic rings. The normalized spacial score (nSPS) is 24.8. The molecular weight excluding hydrogens is 370 g/mol. The first-order valence-corrected chi connectivity index (χ1v) is 8.68. The molecule has 0 bridgehead atoms. The number of halogens is 6. The van der Waals surface area contributed by atoms with Gasteiger partial charge in [0, 0.05) is 12.2 Å². The van der Waals surface area contributed by atoms with Gasteiger partial charge in [-0.1, -0.05) is 0 Å². The Morgan fingerprint density at radius 3 is 2.16 bits per heavy atom. The Balaban J connectivity index is 2.17. The van der Waals surface area contributed by atoms with E-state index in [1.807, 2.05) is 0 Å². The number of thioether (sulfide) groups is 1. The maximum atomic E-state index is 13.0. The van der Waals surface area contributed by atoms with Crippen molar-refractivity contribution in [3.05, 3.63) is 23.9 Å². The van der Waals surface area contributed by atoms with Crippen molar-refractivity contribution in [2.45, 2.75) is 42.7 Å². The van der Waals surface area contributed by atoms with Gasteiger partial charge in [0.25, 0.3) is 5.91 Å². The van der Waals surface area contributed by atoms with Gasteiger partial charge in [-0.3, -0.25) is 4.79 Å². The maximum Gasteiger partial charge on any atom is 0.391 e. The van der Waals surface area contributed by atoms with Crippen molar-refractivity contribution < 1.29 is 31.1 Å². The molecule has 0 saturated heterocycles. The van der Waals surface area contributed by atoms with Crippen molar-refractivity contribution >= 4 is 17.7 Å². The molecule has 0 spiro atoms. The van der Waals surface area contributed by atoms with Crippen LogP contribution >= 0.6 is 11.8 Å². The van der Waals surface area contributed by atoms with Crippen molar-refractivity contribution in [3.63, 3.8) is 0 Å². The highest BCUT2D eigenvalue weighted by atomic mass is 32.2. The Hall–Kier alpha value is -1.45. The van der Waals surface area contributed by atoms with E-state index in [9.17, 15) is 31.1 Å². The molecule has 2 rings (SSSR count). The summed E-state index contributed by atoms with van der Waals surface area (Å²) in [6.45, 7) is 0. The van der Waals surface area contributed by atoms with Gasteiger partial charge in [0.1, 0.15) is 5.03 Å². The fourth-order valence-corrected chi connectivity index (χ4v) is 3.51. The van der Waals surface area contributed by atoms with E-state index in [1.165, 1.54) is 18.3 Å². The second kappa shape index (κ2) is 7.43. The molecule has 10 heteroatoms. The predicted molar refractivity (Wildman–Crippen MR) is 80.2 cm³/mol. The first-order chi connectivity index (χ1) is 11.5. The summed E-state index contributed by atoms with van der Waals surface area (Å²) >= 11 is 1.16. The Bertz CT molecular complexity index is 597. The standard InChI is InChI=1S/C15H16F6N2OS/c1-25-13-11(3-2-4-22-13)12(24)23-10-6-8(14(16,17)18)5-9(7-10)15(19,20)21/h2-4,8-10H,5-7H2,1H3,(H,23,24)/t8-,9+,10?. The van der Waals surface area contributed by atoms with Crippen LogP contribution in [0.15, 0.2) is 23.4 Å². The van der Waals surface area contributed by atoms with Crippen LogP contribution < -0.4 is 5.32 Å². The van der Waals surface area contributed by atoms with Gasteiger partial charge in [0.15, 0.2) is 0 Å². The second-order valence-electron chi connectivity index (χ2n) is 5.91. The third-order valence-electron chi connectivity index (χ3n) is 4.18. The lowest BCUT2D eigenvalue weighted by molar-refractivity contribution is -0.225. The number of nitrogens with zero attached hydrogens (tertiary/aromatic N) is 1. The molecule has 0 radical (unpaired) electrons. The van der Waals surface area contributed by atoms with Crippen LogP contribution in [0.5, 0.6) is 0 Å². The van der Waals surface area contributed by atoms with Gasteiger partial charge in [-0.05, 0) is 37.7 Å². The molecule has 1 saturated carbocycles.